The average molecular weight is 494 g/mol. The molecule has 0 atom stereocenters. The maximum atomic E-state index is 12.8. The van der Waals surface area contributed by atoms with E-state index in [0.717, 1.165) is 30.8 Å². The van der Waals surface area contributed by atoms with Gasteiger partial charge in [-0.3, -0.25) is 14.4 Å². The Labute approximate surface area is 207 Å². The van der Waals surface area contributed by atoms with Gasteiger partial charge in [-0.1, -0.05) is 42.5 Å². The Morgan fingerprint density at radius 3 is 2.29 bits per heavy atom. The SMILES string of the molecule is Cc1ccc(C)c(NS(=O)(=O)c2ccc(OCC(=O)N3CCN(Cc4ccccc4)CC3)cc2)c1. The summed E-state index contributed by atoms with van der Waals surface area (Å²) in [7, 11) is -3.73. The number of nitrogens with zero attached hydrogens (tertiary/aromatic N) is 2. The van der Waals surface area contributed by atoms with Crippen LogP contribution in [0.15, 0.2) is 77.7 Å². The summed E-state index contributed by atoms with van der Waals surface area (Å²) in [5.74, 6) is 0.379. The number of benzene rings is 3. The molecule has 0 saturated carbocycles. The van der Waals surface area contributed by atoms with E-state index in [-0.39, 0.29) is 17.4 Å². The molecule has 1 fully saturated rings. The molecule has 0 unspecified atom stereocenters. The quantitative estimate of drug-likeness (QED) is 0.516. The van der Waals surface area contributed by atoms with E-state index >= 15 is 0 Å². The number of amides is 1. The zero-order chi connectivity index (χ0) is 24.8. The number of piperazine rings is 1. The van der Waals surface area contributed by atoms with Crippen molar-refractivity contribution in [3.63, 3.8) is 0 Å². The molecule has 4 rings (SSSR count). The number of hydrogen-bond donors (Lipinski definition) is 1. The van der Waals surface area contributed by atoms with Crippen molar-refractivity contribution >= 4 is 21.6 Å². The minimum atomic E-state index is -3.73. The predicted molar refractivity (Wildman–Crippen MR) is 137 cm³/mol. The first-order chi connectivity index (χ1) is 16.8. The van der Waals surface area contributed by atoms with E-state index in [9.17, 15) is 13.2 Å². The molecule has 184 valence electrons. The van der Waals surface area contributed by atoms with E-state index in [4.69, 9.17) is 4.74 Å². The van der Waals surface area contributed by atoms with Crippen molar-refractivity contribution in [2.24, 2.45) is 0 Å². The summed E-state index contributed by atoms with van der Waals surface area (Å²) < 4.78 is 33.8. The first-order valence-electron chi connectivity index (χ1n) is 11.7. The van der Waals surface area contributed by atoms with Crippen molar-refractivity contribution in [1.82, 2.24) is 9.80 Å². The van der Waals surface area contributed by atoms with Crippen molar-refractivity contribution in [3.8, 4) is 5.75 Å². The van der Waals surface area contributed by atoms with Gasteiger partial charge in [0, 0.05) is 32.7 Å². The molecule has 35 heavy (non-hydrogen) atoms. The van der Waals surface area contributed by atoms with Gasteiger partial charge < -0.3 is 9.64 Å². The molecule has 0 aromatic heterocycles. The lowest BCUT2D eigenvalue weighted by molar-refractivity contribution is -0.135. The van der Waals surface area contributed by atoms with E-state index in [0.29, 0.717) is 24.5 Å². The van der Waals surface area contributed by atoms with Crippen LogP contribution in [0.3, 0.4) is 0 Å². The number of ether oxygens (including phenoxy) is 1. The Morgan fingerprint density at radius 1 is 0.914 bits per heavy atom. The third kappa shape index (κ3) is 6.61. The Kier molecular flexibility index (Phi) is 7.73. The fourth-order valence-corrected chi connectivity index (χ4v) is 5.12. The number of aryl methyl sites for hydroxylation is 2. The third-order valence-corrected chi connectivity index (χ3v) is 7.49. The number of nitrogens with one attached hydrogen (secondary N) is 1. The second kappa shape index (κ2) is 10.9. The van der Waals surface area contributed by atoms with Gasteiger partial charge in [0.1, 0.15) is 5.75 Å². The zero-order valence-corrected chi connectivity index (χ0v) is 20.9. The molecule has 1 saturated heterocycles. The van der Waals surface area contributed by atoms with Crippen LogP contribution < -0.4 is 9.46 Å². The average Bonchev–Trinajstić information content (AvgIpc) is 2.86. The third-order valence-electron chi connectivity index (χ3n) is 6.11. The van der Waals surface area contributed by atoms with Crippen LogP contribution in [-0.4, -0.2) is 56.9 Å². The van der Waals surface area contributed by atoms with Crippen LogP contribution in [-0.2, 0) is 21.4 Å². The Bertz CT molecular complexity index is 1250. The van der Waals surface area contributed by atoms with Crippen LogP contribution >= 0.6 is 0 Å². The smallest absolute Gasteiger partial charge is 0.261 e. The summed E-state index contributed by atoms with van der Waals surface area (Å²) in [6.45, 7) is 7.54. The lowest BCUT2D eigenvalue weighted by Crippen LogP contribution is -2.49. The van der Waals surface area contributed by atoms with Crippen molar-refractivity contribution in [3.05, 3.63) is 89.5 Å². The van der Waals surface area contributed by atoms with Gasteiger partial charge in [-0.05, 0) is 60.9 Å². The van der Waals surface area contributed by atoms with Gasteiger partial charge >= 0.3 is 0 Å². The molecule has 1 amide bonds. The lowest BCUT2D eigenvalue weighted by atomic mass is 10.1. The molecule has 8 heteroatoms. The van der Waals surface area contributed by atoms with Gasteiger partial charge in [0.2, 0.25) is 0 Å². The van der Waals surface area contributed by atoms with E-state index in [2.05, 4.69) is 21.8 Å². The van der Waals surface area contributed by atoms with Crippen LogP contribution in [0.1, 0.15) is 16.7 Å². The van der Waals surface area contributed by atoms with Crippen LogP contribution in [0.2, 0.25) is 0 Å². The van der Waals surface area contributed by atoms with E-state index in [1.54, 1.807) is 18.2 Å². The molecule has 0 spiro atoms. The van der Waals surface area contributed by atoms with E-state index in [1.807, 2.05) is 49.1 Å². The van der Waals surface area contributed by atoms with Gasteiger partial charge in [-0.2, -0.15) is 0 Å². The summed E-state index contributed by atoms with van der Waals surface area (Å²) in [4.78, 5) is 16.9. The largest absolute Gasteiger partial charge is 0.484 e. The minimum absolute atomic E-state index is 0.0716. The highest BCUT2D eigenvalue weighted by Gasteiger charge is 2.22. The second-order valence-electron chi connectivity index (χ2n) is 8.83. The summed E-state index contributed by atoms with van der Waals surface area (Å²) in [6, 6.07) is 22.0. The van der Waals surface area contributed by atoms with Crippen LogP contribution in [0.5, 0.6) is 5.75 Å². The molecule has 0 bridgehead atoms. The van der Waals surface area contributed by atoms with Crippen molar-refractivity contribution < 1.29 is 17.9 Å². The first-order valence-corrected chi connectivity index (χ1v) is 13.2. The van der Waals surface area contributed by atoms with Gasteiger partial charge in [-0.15, -0.1) is 0 Å². The molecule has 1 aliphatic rings. The summed E-state index contributed by atoms with van der Waals surface area (Å²) in [5.41, 5.74) is 3.64. The standard InChI is InChI=1S/C27H31N3O4S/c1-21-8-9-22(2)26(18-21)28-35(32,33)25-12-10-24(11-13-25)34-20-27(31)30-16-14-29(15-17-30)19-23-6-4-3-5-7-23/h3-13,18,28H,14-17,19-20H2,1-2H3. The fraction of sp³-hybridized carbons (Fsp3) is 0.296. The van der Waals surface area contributed by atoms with Crippen molar-refractivity contribution in [2.45, 2.75) is 25.3 Å². The Morgan fingerprint density at radius 2 is 1.60 bits per heavy atom. The second-order valence-corrected chi connectivity index (χ2v) is 10.5. The van der Waals surface area contributed by atoms with Crippen LogP contribution in [0.4, 0.5) is 5.69 Å². The molecular weight excluding hydrogens is 462 g/mol. The molecule has 3 aromatic rings. The normalized spacial score (nSPS) is 14.5. The molecule has 7 nitrogen and oxygen atoms in total. The van der Waals surface area contributed by atoms with Crippen molar-refractivity contribution in [2.75, 3.05) is 37.5 Å². The fourth-order valence-electron chi connectivity index (χ4n) is 4.00. The van der Waals surface area contributed by atoms with Gasteiger partial charge in [0.15, 0.2) is 6.61 Å². The molecule has 0 aliphatic carbocycles. The number of carbonyl (C=O) groups excluding carboxylic acids is 1. The molecule has 3 aromatic carbocycles. The molecular formula is C27H31N3O4S. The highest BCUT2D eigenvalue weighted by atomic mass is 32.2. The van der Waals surface area contributed by atoms with Crippen molar-refractivity contribution in [1.29, 1.82) is 0 Å². The highest BCUT2D eigenvalue weighted by Crippen LogP contribution is 2.22. The van der Waals surface area contributed by atoms with E-state index in [1.165, 1.54) is 17.7 Å². The Hall–Kier alpha value is -3.36. The predicted octanol–water partition coefficient (Wildman–Crippen LogP) is 3.83. The number of carbonyl (C=O) groups is 1. The summed E-state index contributed by atoms with van der Waals surface area (Å²) in [5, 5.41) is 0. The molecule has 1 aliphatic heterocycles. The highest BCUT2D eigenvalue weighted by molar-refractivity contribution is 7.92. The number of sulfonamides is 1. The number of hydrogen-bond acceptors (Lipinski definition) is 5. The monoisotopic (exact) mass is 493 g/mol. The maximum absolute atomic E-state index is 12.8. The maximum Gasteiger partial charge on any atom is 0.261 e. The molecule has 1 N–H and O–H groups in total. The van der Waals surface area contributed by atoms with Gasteiger partial charge in [0.05, 0.1) is 10.6 Å². The zero-order valence-electron chi connectivity index (χ0n) is 20.1. The van der Waals surface area contributed by atoms with E-state index < -0.39 is 10.0 Å². The molecule has 0 radical (unpaired) electrons. The van der Waals surface area contributed by atoms with Crippen LogP contribution in [0.25, 0.3) is 0 Å². The Balaban J connectivity index is 1.26. The van der Waals surface area contributed by atoms with Crippen LogP contribution in [0, 0.1) is 13.8 Å². The van der Waals surface area contributed by atoms with Gasteiger partial charge in [-0.25, -0.2) is 8.42 Å². The number of anilines is 1. The summed E-state index contributed by atoms with van der Waals surface area (Å²) >= 11 is 0. The first kappa shape index (κ1) is 24.8. The lowest BCUT2D eigenvalue weighted by Gasteiger charge is -2.34. The summed E-state index contributed by atoms with van der Waals surface area (Å²) in [6.07, 6.45) is 0. The molecule has 1 heterocycles. The topological polar surface area (TPSA) is 78.9 Å². The number of rotatable bonds is 8. The minimum Gasteiger partial charge on any atom is -0.484 e. The van der Waals surface area contributed by atoms with Gasteiger partial charge in [0.25, 0.3) is 15.9 Å².